The lowest BCUT2D eigenvalue weighted by molar-refractivity contribution is -0.120. The van der Waals surface area contributed by atoms with Crippen LogP contribution in [-0.4, -0.2) is 18.6 Å². The van der Waals surface area contributed by atoms with Gasteiger partial charge in [0, 0.05) is 6.54 Å². The molecule has 0 aliphatic carbocycles. The molecular formula is C19H32N2O2. The van der Waals surface area contributed by atoms with Gasteiger partial charge in [0.25, 0.3) is 0 Å². The van der Waals surface area contributed by atoms with Gasteiger partial charge in [0.2, 0.25) is 5.91 Å². The van der Waals surface area contributed by atoms with Crippen LogP contribution >= 0.6 is 0 Å². The van der Waals surface area contributed by atoms with E-state index in [1.54, 1.807) is 0 Å². The van der Waals surface area contributed by atoms with Gasteiger partial charge in [-0.25, -0.2) is 0 Å². The fourth-order valence-corrected chi connectivity index (χ4v) is 2.45. The van der Waals surface area contributed by atoms with E-state index in [0.29, 0.717) is 18.4 Å². The van der Waals surface area contributed by atoms with Crippen LogP contribution in [0.25, 0.3) is 0 Å². The van der Waals surface area contributed by atoms with Crippen molar-refractivity contribution in [2.75, 3.05) is 6.61 Å². The van der Waals surface area contributed by atoms with Crippen molar-refractivity contribution in [1.29, 1.82) is 0 Å². The molecule has 0 aromatic heterocycles. The third-order valence-electron chi connectivity index (χ3n) is 4.17. The minimum atomic E-state index is -0.288. The van der Waals surface area contributed by atoms with E-state index in [2.05, 4.69) is 33.0 Å². The second kappa shape index (κ2) is 10.3. The van der Waals surface area contributed by atoms with E-state index in [1.807, 2.05) is 24.3 Å². The fourth-order valence-electron chi connectivity index (χ4n) is 2.45. The molecule has 0 heterocycles. The Labute approximate surface area is 140 Å². The maximum atomic E-state index is 11.5. The van der Waals surface area contributed by atoms with Gasteiger partial charge in [-0.3, -0.25) is 4.79 Å². The zero-order valence-electron chi connectivity index (χ0n) is 15.0. The third kappa shape index (κ3) is 7.51. The number of hydrogen-bond donors (Lipinski definition) is 2. The van der Waals surface area contributed by atoms with Gasteiger partial charge in [0.05, 0.1) is 12.6 Å². The SMILES string of the molecule is CCC(CC)COc1ccc(CN[C@@H](CC(C)C)C(N)=O)cc1. The van der Waals surface area contributed by atoms with Crippen LogP contribution in [-0.2, 0) is 11.3 Å². The number of rotatable bonds is 11. The Morgan fingerprint density at radius 1 is 1.17 bits per heavy atom. The number of hydrogen-bond acceptors (Lipinski definition) is 3. The van der Waals surface area contributed by atoms with E-state index in [4.69, 9.17) is 10.5 Å². The van der Waals surface area contributed by atoms with Gasteiger partial charge in [0.15, 0.2) is 0 Å². The Bertz CT molecular complexity index is 453. The summed E-state index contributed by atoms with van der Waals surface area (Å²) in [5, 5.41) is 3.24. The molecule has 0 aliphatic rings. The normalized spacial score (nSPS) is 12.6. The second-order valence-electron chi connectivity index (χ2n) is 6.60. The highest BCUT2D eigenvalue weighted by atomic mass is 16.5. The molecule has 0 aliphatic heterocycles. The van der Waals surface area contributed by atoms with Crippen molar-refractivity contribution in [1.82, 2.24) is 5.32 Å². The first-order chi connectivity index (χ1) is 11.0. The highest BCUT2D eigenvalue weighted by Gasteiger charge is 2.16. The molecule has 3 N–H and O–H groups in total. The maximum absolute atomic E-state index is 11.5. The maximum Gasteiger partial charge on any atom is 0.234 e. The van der Waals surface area contributed by atoms with Crippen molar-refractivity contribution >= 4 is 5.91 Å². The molecule has 1 aromatic rings. The molecule has 1 aromatic carbocycles. The standard InChI is InChI=1S/C19H32N2O2/c1-5-15(6-2)13-23-17-9-7-16(8-10-17)12-21-18(19(20)22)11-14(3)4/h7-10,14-15,18,21H,5-6,11-13H2,1-4H3,(H2,20,22)/t18-/m0/s1. The summed E-state index contributed by atoms with van der Waals surface area (Å²) < 4.78 is 5.83. The predicted octanol–water partition coefficient (Wildman–Crippen LogP) is 3.49. The van der Waals surface area contributed by atoms with Crippen molar-refractivity contribution in [2.45, 2.75) is 59.5 Å². The van der Waals surface area contributed by atoms with Crippen molar-refractivity contribution in [3.63, 3.8) is 0 Å². The minimum Gasteiger partial charge on any atom is -0.493 e. The lowest BCUT2D eigenvalue weighted by Gasteiger charge is -2.18. The van der Waals surface area contributed by atoms with Gasteiger partial charge in [-0.05, 0) is 36.0 Å². The van der Waals surface area contributed by atoms with Gasteiger partial charge in [0.1, 0.15) is 5.75 Å². The van der Waals surface area contributed by atoms with Crippen LogP contribution in [0.4, 0.5) is 0 Å². The first-order valence-corrected chi connectivity index (χ1v) is 8.70. The van der Waals surface area contributed by atoms with E-state index < -0.39 is 0 Å². The quantitative estimate of drug-likeness (QED) is 0.656. The number of primary amides is 1. The Hall–Kier alpha value is -1.55. The number of ether oxygens (including phenoxy) is 1. The monoisotopic (exact) mass is 320 g/mol. The van der Waals surface area contributed by atoms with Crippen LogP contribution in [0.5, 0.6) is 5.75 Å². The number of carbonyl (C=O) groups is 1. The van der Waals surface area contributed by atoms with Crippen LogP contribution in [0.2, 0.25) is 0 Å². The Kier molecular flexibility index (Phi) is 8.70. The van der Waals surface area contributed by atoms with Crippen LogP contribution in [0, 0.1) is 11.8 Å². The number of carbonyl (C=O) groups excluding carboxylic acids is 1. The second-order valence-corrected chi connectivity index (χ2v) is 6.60. The molecule has 4 heteroatoms. The summed E-state index contributed by atoms with van der Waals surface area (Å²) in [6.45, 7) is 9.96. The van der Waals surface area contributed by atoms with Crippen molar-refractivity contribution < 1.29 is 9.53 Å². The number of nitrogens with one attached hydrogen (secondary N) is 1. The van der Waals surface area contributed by atoms with Crippen LogP contribution in [0.15, 0.2) is 24.3 Å². The first kappa shape index (κ1) is 19.5. The molecule has 0 saturated heterocycles. The summed E-state index contributed by atoms with van der Waals surface area (Å²) in [7, 11) is 0. The van der Waals surface area contributed by atoms with Crippen molar-refractivity contribution in [3.8, 4) is 5.75 Å². The Morgan fingerprint density at radius 2 is 1.78 bits per heavy atom. The number of nitrogens with two attached hydrogens (primary N) is 1. The molecular weight excluding hydrogens is 288 g/mol. The first-order valence-electron chi connectivity index (χ1n) is 8.70. The van der Waals surface area contributed by atoms with Gasteiger partial charge in [-0.1, -0.05) is 52.7 Å². The Balaban J connectivity index is 2.48. The van der Waals surface area contributed by atoms with Crippen LogP contribution < -0.4 is 15.8 Å². The zero-order chi connectivity index (χ0) is 17.2. The zero-order valence-corrected chi connectivity index (χ0v) is 15.0. The largest absolute Gasteiger partial charge is 0.493 e. The van der Waals surface area contributed by atoms with E-state index >= 15 is 0 Å². The number of benzene rings is 1. The molecule has 1 atom stereocenters. The summed E-state index contributed by atoms with van der Waals surface area (Å²) in [6.07, 6.45) is 3.04. The van der Waals surface area contributed by atoms with E-state index in [1.165, 1.54) is 0 Å². The summed E-state index contributed by atoms with van der Waals surface area (Å²) in [6, 6.07) is 7.76. The summed E-state index contributed by atoms with van der Waals surface area (Å²) in [5.74, 6) is 1.66. The smallest absolute Gasteiger partial charge is 0.234 e. The van der Waals surface area contributed by atoms with Crippen molar-refractivity contribution in [2.24, 2.45) is 17.6 Å². The Morgan fingerprint density at radius 3 is 2.26 bits per heavy atom. The predicted molar refractivity (Wildman–Crippen MR) is 95.3 cm³/mol. The molecule has 130 valence electrons. The van der Waals surface area contributed by atoms with Gasteiger partial charge >= 0.3 is 0 Å². The minimum absolute atomic E-state index is 0.277. The van der Waals surface area contributed by atoms with Gasteiger partial charge < -0.3 is 15.8 Å². The van der Waals surface area contributed by atoms with E-state index in [-0.39, 0.29) is 11.9 Å². The molecule has 0 bridgehead atoms. The molecule has 0 unspecified atom stereocenters. The van der Waals surface area contributed by atoms with E-state index in [0.717, 1.165) is 37.2 Å². The van der Waals surface area contributed by atoms with Crippen LogP contribution in [0.1, 0.15) is 52.5 Å². The molecule has 4 nitrogen and oxygen atoms in total. The lowest BCUT2D eigenvalue weighted by Crippen LogP contribution is -2.41. The topological polar surface area (TPSA) is 64.3 Å². The highest BCUT2D eigenvalue weighted by molar-refractivity contribution is 5.79. The molecule has 0 saturated carbocycles. The molecule has 0 fully saturated rings. The van der Waals surface area contributed by atoms with Crippen LogP contribution in [0.3, 0.4) is 0 Å². The third-order valence-corrected chi connectivity index (χ3v) is 4.17. The summed E-state index contributed by atoms with van der Waals surface area (Å²) in [5.41, 5.74) is 6.57. The average molecular weight is 320 g/mol. The van der Waals surface area contributed by atoms with E-state index in [9.17, 15) is 4.79 Å². The average Bonchev–Trinajstić information content (AvgIpc) is 2.53. The fraction of sp³-hybridized carbons (Fsp3) is 0.632. The molecule has 23 heavy (non-hydrogen) atoms. The molecule has 1 amide bonds. The van der Waals surface area contributed by atoms with Crippen molar-refractivity contribution in [3.05, 3.63) is 29.8 Å². The highest BCUT2D eigenvalue weighted by Crippen LogP contribution is 2.16. The number of amides is 1. The summed E-state index contributed by atoms with van der Waals surface area (Å²) in [4.78, 5) is 11.5. The lowest BCUT2D eigenvalue weighted by atomic mass is 10.0. The molecule has 1 rings (SSSR count). The molecule has 0 spiro atoms. The van der Waals surface area contributed by atoms with Gasteiger partial charge in [-0.15, -0.1) is 0 Å². The molecule has 0 radical (unpaired) electrons. The van der Waals surface area contributed by atoms with Gasteiger partial charge in [-0.2, -0.15) is 0 Å². The summed E-state index contributed by atoms with van der Waals surface area (Å²) >= 11 is 0.